The Morgan fingerprint density at radius 3 is 2.44 bits per heavy atom. The quantitative estimate of drug-likeness (QED) is 0.513. The third kappa shape index (κ3) is 6.56. The van der Waals surface area contributed by atoms with Crippen molar-refractivity contribution in [3.8, 4) is 23.0 Å². The standard InChI is InChI=1S/C26H35N3O5/c1-18(2)17-34-25-14-19(9-11-23(25)32-4)16-27-29-13-7-6-8-21(29)26(30)28-20-10-12-22(31-3)24(15-20)33-5/h9-12,14-16,18,21H,6-8,13,17H2,1-5H3,(H,28,30). The van der Waals surface area contributed by atoms with Crippen molar-refractivity contribution in [1.82, 2.24) is 5.01 Å². The number of carbonyl (C=O) groups is 1. The molecule has 1 amide bonds. The SMILES string of the molecule is COc1ccc(NC(=O)C2CCCCN2N=Cc2ccc(OC)c(OCC(C)C)c2)cc1OC. The molecule has 0 aliphatic carbocycles. The molecule has 0 saturated carbocycles. The molecule has 8 nitrogen and oxygen atoms in total. The average molecular weight is 470 g/mol. The van der Waals surface area contributed by atoms with Crippen molar-refractivity contribution in [2.24, 2.45) is 11.0 Å². The number of amides is 1. The van der Waals surface area contributed by atoms with Crippen LogP contribution in [0.2, 0.25) is 0 Å². The van der Waals surface area contributed by atoms with Gasteiger partial charge in [-0.15, -0.1) is 0 Å². The molecule has 1 aliphatic rings. The minimum atomic E-state index is -0.354. The molecular weight excluding hydrogens is 434 g/mol. The second-order valence-corrected chi connectivity index (χ2v) is 8.59. The van der Waals surface area contributed by atoms with E-state index in [1.807, 2.05) is 23.2 Å². The summed E-state index contributed by atoms with van der Waals surface area (Å²) in [5.41, 5.74) is 1.53. The molecular formula is C26H35N3O5. The number of piperidine rings is 1. The maximum atomic E-state index is 13.1. The molecule has 0 aromatic heterocycles. The van der Waals surface area contributed by atoms with Crippen molar-refractivity contribution in [3.05, 3.63) is 42.0 Å². The van der Waals surface area contributed by atoms with E-state index in [4.69, 9.17) is 18.9 Å². The van der Waals surface area contributed by atoms with Gasteiger partial charge in [0, 0.05) is 18.3 Å². The van der Waals surface area contributed by atoms with Gasteiger partial charge in [0.25, 0.3) is 0 Å². The summed E-state index contributed by atoms with van der Waals surface area (Å²) in [7, 11) is 4.77. The number of hydrazone groups is 1. The lowest BCUT2D eigenvalue weighted by molar-refractivity contribution is -0.122. The second kappa shape index (κ2) is 12.2. The minimum absolute atomic E-state index is 0.0974. The second-order valence-electron chi connectivity index (χ2n) is 8.59. The van der Waals surface area contributed by atoms with Crippen LogP contribution >= 0.6 is 0 Å². The van der Waals surface area contributed by atoms with Crippen molar-refractivity contribution < 1.29 is 23.7 Å². The Morgan fingerprint density at radius 1 is 1.03 bits per heavy atom. The maximum Gasteiger partial charge on any atom is 0.248 e. The highest BCUT2D eigenvalue weighted by atomic mass is 16.5. The molecule has 0 radical (unpaired) electrons. The molecule has 2 aromatic rings. The van der Waals surface area contributed by atoms with Gasteiger partial charge in [-0.1, -0.05) is 13.8 Å². The lowest BCUT2D eigenvalue weighted by Gasteiger charge is -2.32. The Balaban J connectivity index is 1.72. The number of hydrogen-bond donors (Lipinski definition) is 1. The topological polar surface area (TPSA) is 81.6 Å². The van der Waals surface area contributed by atoms with Gasteiger partial charge in [-0.3, -0.25) is 9.80 Å². The molecule has 2 aromatic carbocycles. The Hall–Kier alpha value is -3.42. The number of carbonyl (C=O) groups excluding carboxylic acids is 1. The van der Waals surface area contributed by atoms with Gasteiger partial charge >= 0.3 is 0 Å². The van der Waals surface area contributed by atoms with Crippen LogP contribution in [0.15, 0.2) is 41.5 Å². The summed E-state index contributed by atoms with van der Waals surface area (Å²) < 4.78 is 21.9. The van der Waals surface area contributed by atoms with Gasteiger partial charge in [0.1, 0.15) is 6.04 Å². The smallest absolute Gasteiger partial charge is 0.248 e. The zero-order valence-electron chi connectivity index (χ0n) is 20.7. The summed E-state index contributed by atoms with van der Waals surface area (Å²) in [6.07, 6.45) is 4.47. The minimum Gasteiger partial charge on any atom is -0.493 e. The molecule has 0 bridgehead atoms. The molecule has 1 saturated heterocycles. The number of benzene rings is 2. The van der Waals surface area contributed by atoms with Gasteiger partial charge in [0.15, 0.2) is 23.0 Å². The normalized spacial score (nSPS) is 15.9. The van der Waals surface area contributed by atoms with Crippen LogP contribution in [0.25, 0.3) is 0 Å². The van der Waals surface area contributed by atoms with Crippen molar-refractivity contribution in [1.29, 1.82) is 0 Å². The van der Waals surface area contributed by atoms with E-state index in [2.05, 4.69) is 24.3 Å². The first-order valence-electron chi connectivity index (χ1n) is 11.6. The molecule has 184 valence electrons. The number of rotatable bonds is 10. The van der Waals surface area contributed by atoms with E-state index in [1.54, 1.807) is 45.7 Å². The summed E-state index contributed by atoms with van der Waals surface area (Å²) in [6, 6.07) is 10.7. The summed E-state index contributed by atoms with van der Waals surface area (Å²) in [5, 5.41) is 9.51. The van der Waals surface area contributed by atoms with Gasteiger partial charge in [-0.25, -0.2) is 0 Å². The first-order chi connectivity index (χ1) is 16.4. The molecule has 0 spiro atoms. The van der Waals surface area contributed by atoms with E-state index in [0.717, 1.165) is 24.8 Å². The van der Waals surface area contributed by atoms with Gasteiger partial charge < -0.3 is 24.3 Å². The lowest BCUT2D eigenvalue weighted by Crippen LogP contribution is -2.44. The van der Waals surface area contributed by atoms with Crippen molar-refractivity contribution in [2.75, 3.05) is 39.8 Å². The molecule has 1 atom stereocenters. The fourth-order valence-corrected chi connectivity index (χ4v) is 3.74. The monoisotopic (exact) mass is 469 g/mol. The van der Waals surface area contributed by atoms with Crippen LogP contribution in [0.3, 0.4) is 0 Å². The molecule has 3 rings (SSSR count). The fourth-order valence-electron chi connectivity index (χ4n) is 3.74. The van der Waals surface area contributed by atoms with E-state index in [-0.39, 0.29) is 11.9 Å². The van der Waals surface area contributed by atoms with Crippen LogP contribution < -0.4 is 24.3 Å². The van der Waals surface area contributed by atoms with Crippen LogP contribution in [0.5, 0.6) is 23.0 Å². The average Bonchev–Trinajstić information content (AvgIpc) is 2.86. The number of ether oxygens (including phenoxy) is 4. The first kappa shape index (κ1) is 25.2. The van der Waals surface area contributed by atoms with Gasteiger partial charge in [-0.2, -0.15) is 5.10 Å². The molecule has 1 aliphatic heterocycles. The molecule has 1 heterocycles. The van der Waals surface area contributed by atoms with Crippen molar-refractivity contribution >= 4 is 17.8 Å². The van der Waals surface area contributed by atoms with E-state index < -0.39 is 0 Å². The van der Waals surface area contributed by atoms with Gasteiger partial charge in [0.2, 0.25) is 5.91 Å². The number of nitrogens with one attached hydrogen (secondary N) is 1. The number of methoxy groups -OCH3 is 3. The number of anilines is 1. The number of hydrogen-bond acceptors (Lipinski definition) is 7. The predicted octanol–water partition coefficient (Wildman–Crippen LogP) is 4.57. The van der Waals surface area contributed by atoms with Gasteiger partial charge in [-0.05, 0) is 61.1 Å². The van der Waals surface area contributed by atoms with E-state index in [1.165, 1.54) is 0 Å². The summed E-state index contributed by atoms with van der Waals surface area (Å²) in [5.74, 6) is 2.85. The van der Waals surface area contributed by atoms with Crippen LogP contribution in [-0.4, -0.2) is 57.7 Å². The van der Waals surface area contributed by atoms with E-state index in [0.29, 0.717) is 47.8 Å². The fraction of sp³-hybridized carbons (Fsp3) is 0.462. The largest absolute Gasteiger partial charge is 0.493 e. The summed E-state index contributed by atoms with van der Waals surface area (Å²) in [6.45, 7) is 5.51. The van der Waals surface area contributed by atoms with Crippen molar-refractivity contribution in [3.63, 3.8) is 0 Å². The zero-order chi connectivity index (χ0) is 24.5. The lowest BCUT2D eigenvalue weighted by atomic mass is 10.0. The highest BCUT2D eigenvalue weighted by molar-refractivity contribution is 5.95. The Labute approximate surface area is 201 Å². The maximum absolute atomic E-state index is 13.1. The van der Waals surface area contributed by atoms with Crippen molar-refractivity contribution in [2.45, 2.75) is 39.2 Å². The molecule has 1 N–H and O–H groups in total. The predicted molar refractivity (Wildman–Crippen MR) is 133 cm³/mol. The first-order valence-corrected chi connectivity index (χ1v) is 11.6. The van der Waals surface area contributed by atoms with Crippen LogP contribution in [0.4, 0.5) is 5.69 Å². The Kier molecular flexibility index (Phi) is 9.01. The van der Waals surface area contributed by atoms with Crippen LogP contribution in [-0.2, 0) is 4.79 Å². The van der Waals surface area contributed by atoms with Crippen LogP contribution in [0.1, 0.15) is 38.7 Å². The van der Waals surface area contributed by atoms with Crippen LogP contribution in [0, 0.1) is 5.92 Å². The molecule has 1 unspecified atom stereocenters. The zero-order valence-corrected chi connectivity index (χ0v) is 20.7. The summed E-state index contributed by atoms with van der Waals surface area (Å²) >= 11 is 0. The summed E-state index contributed by atoms with van der Waals surface area (Å²) in [4.78, 5) is 13.1. The Morgan fingerprint density at radius 2 is 1.74 bits per heavy atom. The number of nitrogens with zero attached hydrogens (tertiary/aromatic N) is 2. The third-order valence-corrected chi connectivity index (χ3v) is 5.54. The van der Waals surface area contributed by atoms with E-state index in [9.17, 15) is 4.79 Å². The third-order valence-electron chi connectivity index (χ3n) is 5.54. The molecule has 8 heteroatoms. The molecule has 34 heavy (non-hydrogen) atoms. The highest BCUT2D eigenvalue weighted by Gasteiger charge is 2.28. The molecule has 1 fully saturated rings. The highest BCUT2D eigenvalue weighted by Crippen LogP contribution is 2.31. The van der Waals surface area contributed by atoms with Gasteiger partial charge in [0.05, 0.1) is 34.2 Å². The van der Waals surface area contributed by atoms with E-state index >= 15 is 0 Å². The Bertz CT molecular complexity index is 992.